The van der Waals surface area contributed by atoms with E-state index >= 15 is 0 Å². The third kappa shape index (κ3) is 3.21. The molecule has 20 heavy (non-hydrogen) atoms. The number of aryl methyl sites for hydroxylation is 1. The third-order valence-electron chi connectivity index (χ3n) is 3.81. The van der Waals surface area contributed by atoms with Gasteiger partial charge >= 0.3 is 0 Å². The van der Waals surface area contributed by atoms with E-state index in [0.29, 0.717) is 25.0 Å². The molecule has 0 spiro atoms. The number of hydrogen-bond acceptors (Lipinski definition) is 4. The van der Waals surface area contributed by atoms with E-state index in [1.165, 1.54) is 6.33 Å². The van der Waals surface area contributed by atoms with Gasteiger partial charge in [-0.25, -0.2) is 13.4 Å². The van der Waals surface area contributed by atoms with Gasteiger partial charge in [0.15, 0.2) is 5.03 Å². The molecule has 1 aromatic rings. The maximum Gasteiger partial charge on any atom is 0.262 e. The van der Waals surface area contributed by atoms with Crippen LogP contribution >= 0.6 is 0 Å². The Kier molecular flexibility index (Phi) is 4.82. The quantitative estimate of drug-likeness (QED) is 0.874. The Morgan fingerprint density at radius 1 is 1.50 bits per heavy atom. The second kappa shape index (κ2) is 6.24. The van der Waals surface area contributed by atoms with Gasteiger partial charge in [0, 0.05) is 32.4 Å². The smallest absolute Gasteiger partial charge is 0.262 e. The number of nitrogens with one attached hydrogen (secondary N) is 1. The summed E-state index contributed by atoms with van der Waals surface area (Å²) in [7, 11) is -1.67. The van der Waals surface area contributed by atoms with Crippen molar-refractivity contribution in [2.24, 2.45) is 13.0 Å². The molecule has 2 atom stereocenters. The normalized spacial score (nSPS) is 24.9. The molecular weight excluding hydrogens is 276 g/mol. The number of hydrogen-bond donors (Lipinski definition) is 1. The Bertz CT molecular complexity index is 540. The van der Waals surface area contributed by atoms with Crippen LogP contribution in [0.15, 0.2) is 17.6 Å². The molecule has 7 heteroatoms. The SMILES string of the molecule is CCCNC1CCN(S(=O)(=O)c2cn(C)cn2)CC1C. The Labute approximate surface area is 121 Å². The molecule has 1 aliphatic rings. The molecule has 1 aliphatic heterocycles. The summed E-state index contributed by atoms with van der Waals surface area (Å²) < 4.78 is 28.2. The first-order chi connectivity index (χ1) is 9.45. The van der Waals surface area contributed by atoms with Gasteiger partial charge in [0.05, 0.1) is 6.33 Å². The van der Waals surface area contributed by atoms with E-state index in [-0.39, 0.29) is 5.03 Å². The Morgan fingerprint density at radius 3 is 2.80 bits per heavy atom. The van der Waals surface area contributed by atoms with E-state index in [9.17, 15) is 8.42 Å². The summed E-state index contributed by atoms with van der Waals surface area (Å²) in [5.41, 5.74) is 0. The maximum atomic E-state index is 12.5. The van der Waals surface area contributed by atoms with E-state index < -0.39 is 10.0 Å². The molecule has 1 N–H and O–H groups in total. The summed E-state index contributed by atoms with van der Waals surface area (Å²) in [6.07, 6.45) is 5.03. The van der Waals surface area contributed by atoms with Crippen LogP contribution in [0.5, 0.6) is 0 Å². The molecule has 2 heterocycles. The number of piperidine rings is 1. The maximum absolute atomic E-state index is 12.5. The lowest BCUT2D eigenvalue weighted by Crippen LogP contribution is -2.50. The van der Waals surface area contributed by atoms with Crippen LogP contribution in [0.2, 0.25) is 0 Å². The second-order valence-corrected chi connectivity index (χ2v) is 7.45. The predicted molar refractivity (Wildman–Crippen MR) is 77.8 cm³/mol. The summed E-state index contributed by atoms with van der Waals surface area (Å²) in [4.78, 5) is 3.97. The summed E-state index contributed by atoms with van der Waals surface area (Å²) in [5, 5.41) is 3.64. The summed E-state index contributed by atoms with van der Waals surface area (Å²) in [5.74, 6) is 0.314. The molecule has 6 nitrogen and oxygen atoms in total. The minimum atomic E-state index is -3.44. The second-order valence-electron chi connectivity index (χ2n) is 5.57. The highest BCUT2D eigenvalue weighted by atomic mass is 32.2. The fraction of sp³-hybridized carbons (Fsp3) is 0.769. The fourth-order valence-electron chi connectivity index (χ4n) is 2.61. The summed E-state index contributed by atoms with van der Waals surface area (Å²) >= 11 is 0. The molecule has 0 radical (unpaired) electrons. The van der Waals surface area contributed by atoms with E-state index in [4.69, 9.17) is 0 Å². The van der Waals surface area contributed by atoms with E-state index in [2.05, 4.69) is 24.1 Å². The highest BCUT2D eigenvalue weighted by Crippen LogP contribution is 2.22. The van der Waals surface area contributed by atoms with Crippen molar-refractivity contribution in [2.45, 2.75) is 37.8 Å². The van der Waals surface area contributed by atoms with Crippen LogP contribution in [-0.4, -0.2) is 48.0 Å². The van der Waals surface area contributed by atoms with Crippen LogP contribution in [0.4, 0.5) is 0 Å². The van der Waals surface area contributed by atoms with Crippen molar-refractivity contribution in [3.05, 3.63) is 12.5 Å². The van der Waals surface area contributed by atoms with Crippen molar-refractivity contribution >= 4 is 10.0 Å². The first-order valence-electron chi connectivity index (χ1n) is 7.16. The zero-order chi connectivity index (χ0) is 14.8. The van der Waals surface area contributed by atoms with Crippen molar-refractivity contribution in [1.29, 1.82) is 0 Å². The van der Waals surface area contributed by atoms with Gasteiger partial charge < -0.3 is 9.88 Å². The predicted octanol–water partition coefficient (Wildman–Crippen LogP) is 0.819. The lowest BCUT2D eigenvalue weighted by molar-refractivity contribution is 0.220. The van der Waals surface area contributed by atoms with Gasteiger partial charge in [-0.05, 0) is 25.3 Å². The molecule has 0 amide bonds. The largest absolute Gasteiger partial charge is 0.339 e. The number of imidazole rings is 1. The zero-order valence-corrected chi connectivity index (χ0v) is 13.2. The molecular formula is C13H24N4O2S. The van der Waals surface area contributed by atoms with Crippen LogP contribution in [0.3, 0.4) is 0 Å². The van der Waals surface area contributed by atoms with E-state index in [0.717, 1.165) is 19.4 Å². The number of rotatable bonds is 5. The van der Waals surface area contributed by atoms with Gasteiger partial charge in [0.1, 0.15) is 0 Å². The fourth-order valence-corrected chi connectivity index (χ4v) is 4.13. The van der Waals surface area contributed by atoms with Gasteiger partial charge in [-0.1, -0.05) is 13.8 Å². The first-order valence-corrected chi connectivity index (χ1v) is 8.60. The monoisotopic (exact) mass is 300 g/mol. The molecule has 2 rings (SSSR count). The highest BCUT2D eigenvalue weighted by molar-refractivity contribution is 7.89. The standard InChI is InChI=1S/C13H24N4O2S/c1-4-6-14-12-5-7-17(8-11(12)2)20(18,19)13-9-16(3)10-15-13/h9-12,14H,4-8H2,1-3H3. The lowest BCUT2D eigenvalue weighted by Gasteiger charge is -2.36. The molecule has 0 bridgehead atoms. The molecule has 2 unspecified atom stereocenters. The first kappa shape index (κ1) is 15.5. The van der Waals surface area contributed by atoms with Gasteiger partial charge in [0.25, 0.3) is 10.0 Å². The van der Waals surface area contributed by atoms with Crippen LogP contribution in [0, 0.1) is 5.92 Å². The van der Waals surface area contributed by atoms with Crippen LogP contribution < -0.4 is 5.32 Å². The molecule has 0 aromatic carbocycles. The van der Waals surface area contributed by atoms with Crippen molar-refractivity contribution < 1.29 is 8.42 Å². The molecule has 0 saturated carbocycles. The number of sulfonamides is 1. The Morgan fingerprint density at radius 2 is 2.25 bits per heavy atom. The van der Waals surface area contributed by atoms with Crippen molar-refractivity contribution in [3.63, 3.8) is 0 Å². The topological polar surface area (TPSA) is 67.2 Å². The number of aromatic nitrogens is 2. The van der Waals surface area contributed by atoms with Crippen LogP contribution in [-0.2, 0) is 17.1 Å². The van der Waals surface area contributed by atoms with Crippen molar-refractivity contribution in [3.8, 4) is 0 Å². The van der Waals surface area contributed by atoms with Gasteiger partial charge in [0.2, 0.25) is 0 Å². The third-order valence-corrected chi connectivity index (χ3v) is 5.56. The summed E-state index contributed by atoms with van der Waals surface area (Å²) in [6.45, 7) is 6.35. The van der Waals surface area contributed by atoms with E-state index in [1.807, 2.05) is 0 Å². The van der Waals surface area contributed by atoms with Crippen LogP contribution in [0.1, 0.15) is 26.7 Å². The Hall–Kier alpha value is -0.920. The number of nitrogens with zero attached hydrogens (tertiary/aromatic N) is 3. The van der Waals surface area contributed by atoms with Gasteiger partial charge in [-0.3, -0.25) is 0 Å². The Balaban J connectivity index is 2.05. The van der Waals surface area contributed by atoms with Gasteiger partial charge in [-0.15, -0.1) is 0 Å². The van der Waals surface area contributed by atoms with Gasteiger partial charge in [-0.2, -0.15) is 4.31 Å². The minimum Gasteiger partial charge on any atom is -0.339 e. The molecule has 1 saturated heterocycles. The average molecular weight is 300 g/mol. The highest BCUT2D eigenvalue weighted by Gasteiger charge is 2.34. The minimum absolute atomic E-state index is 0.146. The van der Waals surface area contributed by atoms with Crippen molar-refractivity contribution in [2.75, 3.05) is 19.6 Å². The molecule has 1 aromatic heterocycles. The molecule has 114 valence electrons. The zero-order valence-electron chi connectivity index (χ0n) is 12.4. The molecule has 1 fully saturated rings. The summed E-state index contributed by atoms with van der Waals surface area (Å²) in [6, 6.07) is 0.408. The molecule has 0 aliphatic carbocycles. The lowest BCUT2D eigenvalue weighted by atomic mass is 9.95. The van der Waals surface area contributed by atoms with E-state index in [1.54, 1.807) is 22.1 Å². The van der Waals surface area contributed by atoms with Crippen LogP contribution in [0.25, 0.3) is 0 Å². The average Bonchev–Trinajstić information content (AvgIpc) is 2.84. The van der Waals surface area contributed by atoms with Crippen molar-refractivity contribution in [1.82, 2.24) is 19.2 Å².